The molecular formula is C18H21N5O5S. The number of aliphatic hydroxyl groups is 2. The van der Waals surface area contributed by atoms with E-state index in [1.165, 1.54) is 25.2 Å². The number of imidazole rings is 1. The molecule has 2 aromatic heterocycles. The lowest BCUT2D eigenvalue weighted by atomic mass is 10.1. The number of fused-ring (bicyclic) bond motifs is 1. The highest BCUT2D eigenvalue weighted by molar-refractivity contribution is 7.99. The van der Waals surface area contributed by atoms with Crippen molar-refractivity contribution in [2.45, 2.75) is 34.6 Å². The summed E-state index contributed by atoms with van der Waals surface area (Å²) in [6, 6.07) is 7.51. The van der Waals surface area contributed by atoms with Gasteiger partial charge in [0.2, 0.25) is 0 Å². The van der Waals surface area contributed by atoms with Crippen molar-refractivity contribution in [2.75, 3.05) is 26.6 Å². The van der Waals surface area contributed by atoms with Gasteiger partial charge in [-0.05, 0) is 18.2 Å². The van der Waals surface area contributed by atoms with Crippen LogP contribution in [0.5, 0.6) is 5.75 Å². The Labute approximate surface area is 170 Å². The lowest BCUT2D eigenvalue weighted by Crippen LogP contribution is -2.34. The number of anilines is 1. The lowest BCUT2D eigenvalue weighted by molar-refractivity contribution is -0.0623. The summed E-state index contributed by atoms with van der Waals surface area (Å²) in [5.41, 5.74) is 6.87. The molecule has 1 saturated heterocycles. The van der Waals surface area contributed by atoms with Gasteiger partial charge in [0.1, 0.15) is 30.4 Å². The summed E-state index contributed by atoms with van der Waals surface area (Å²) in [4.78, 5) is 13.8. The number of aliphatic hydroxyl groups excluding tert-OH is 2. The van der Waals surface area contributed by atoms with Gasteiger partial charge in [0.15, 0.2) is 28.4 Å². The maximum absolute atomic E-state index is 10.5. The minimum atomic E-state index is -1.01. The molecule has 4 rings (SSSR count). The van der Waals surface area contributed by atoms with E-state index in [4.69, 9.17) is 19.9 Å². The molecule has 0 bridgehead atoms. The fourth-order valence-electron chi connectivity index (χ4n) is 3.31. The van der Waals surface area contributed by atoms with Crippen LogP contribution >= 0.6 is 11.8 Å². The highest BCUT2D eigenvalue weighted by Gasteiger charge is 2.46. The van der Waals surface area contributed by atoms with Crippen LogP contribution in [0.25, 0.3) is 11.2 Å². The Morgan fingerprint density at radius 1 is 1.31 bits per heavy atom. The molecule has 1 aliphatic rings. The van der Waals surface area contributed by atoms with Crippen molar-refractivity contribution in [2.24, 2.45) is 0 Å². The third-order valence-corrected chi connectivity index (χ3v) is 5.70. The lowest BCUT2D eigenvalue weighted by Gasteiger charge is -2.21. The van der Waals surface area contributed by atoms with Gasteiger partial charge in [-0.3, -0.25) is 4.57 Å². The van der Waals surface area contributed by atoms with Crippen molar-refractivity contribution in [1.82, 2.24) is 19.5 Å². The number of aromatic nitrogens is 4. The Bertz CT molecular complexity index is 1020. The molecule has 1 aromatic carbocycles. The minimum Gasteiger partial charge on any atom is -0.497 e. The van der Waals surface area contributed by atoms with Gasteiger partial charge in [-0.25, -0.2) is 15.0 Å². The van der Waals surface area contributed by atoms with E-state index in [2.05, 4.69) is 15.0 Å². The van der Waals surface area contributed by atoms with Crippen molar-refractivity contribution in [1.29, 1.82) is 0 Å². The largest absolute Gasteiger partial charge is 0.497 e. The third kappa shape index (κ3) is 3.51. The molecule has 4 atom stereocenters. The van der Waals surface area contributed by atoms with Crippen LogP contribution < -0.4 is 10.5 Å². The molecule has 0 aliphatic carbocycles. The standard InChI is InChI=1S/C18H21N5O5S/c1-26-9-4-3-5-10(6-9)29-18-22-12-15(19)20-8-21-16(12)23(18)17-14(27-2)13(25)11(7-24)28-17/h3-6,8,11,13-14,17,24-25H,7H2,1-2H3,(H2,19,20,21)/t11-,13-,14-,17-/m1/s1. The number of ether oxygens (including phenoxy) is 3. The predicted octanol–water partition coefficient (Wildman–Crippen LogP) is 0.834. The zero-order valence-electron chi connectivity index (χ0n) is 15.8. The van der Waals surface area contributed by atoms with E-state index in [1.54, 1.807) is 11.7 Å². The highest BCUT2D eigenvalue weighted by Crippen LogP contribution is 2.39. The Morgan fingerprint density at radius 2 is 2.14 bits per heavy atom. The number of nitrogen functional groups attached to an aromatic ring is 1. The average molecular weight is 419 g/mol. The number of nitrogens with two attached hydrogens (primary N) is 1. The van der Waals surface area contributed by atoms with Crippen LogP contribution in [0.4, 0.5) is 5.82 Å². The summed E-state index contributed by atoms with van der Waals surface area (Å²) in [6.07, 6.45) is -1.96. The van der Waals surface area contributed by atoms with Gasteiger partial charge in [-0.2, -0.15) is 0 Å². The monoisotopic (exact) mass is 419 g/mol. The fraction of sp³-hybridized carbons (Fsp3) is 0.389. The average Bonchev–Trinajstić information content (AvgIpc) is 3.25. The summed E-state index contributed by atoms with van der Waals surface area (Å²) in [5.74, 6) is 0.937. The molecule has 1 fully saturated rings. The van der Waals surface area contributed by atoms with E-state index in [1.807, 2.05) is 24.3 Å². The predicted molar refractivity (Wildman–Crippen MR) is 105 cm³/mol. The molecule has 11 heteroatoms. The third-order valence-electron chi connectivity index (χ3n) is 4.74. The van der Waals surface area contributed by atoms with E-state index in [0.717, 1.165) is 4.90 Å². The van der Waals surface area contributed by atoms with Gasteiger partial charge in [-0.1, -0.05) is 17.8 Å². The SMILES string of the molecule is COc1cccc(Sc2nc3c(N)ncnc3n2[C@@H]2O[C@H](CO)[C@@H](O)[C@H]2OC)c1. The number of hydrogen-bond acceptors (Lipinski definition) is 10. The van der Waals surface area contributed by atoms with Gasteiger partial charge in [-0.15, -0.1) is 0 Å². The molecule has 154 valence electrons. The first-order chi connectivity index (χ1) is 14.1. The Morgan fingerprint density at radius 3 is 2.86 bits per heavy atom. The maximum Gasteiger partial charge on any atom is 0.177 e. The van der Waals surface area contributed by atoms with Crippen LogP contribution in [0.1, 0.15) is 6.23 Å². The Kier molecular flexibility index (Phi) is 5.56. The second-order valence-corrected chi connectivity index (χ2v) is 7.46. The molecular weight excluding hydrogens is 398 g/mol. The topological polar surface area (TPSA) is 138 Å². The van der Waals surface area contributed by atoms with Crippen LogP contribution in [-0.4, -0.2) is 68.9 Å². The number of nitrogens with zero attached hydrogens (tertiary/aromatic N) is 4. The second kappa shape index (κ2) is 8.13. The van der Waals surface area contributed by atoms with Crippen LogP contribution in [0.2, 0.25) is 0 Å². The molecule has 3 aromatic rings. The van der Waals surface area contributed by atoms with Crippen LogP contribution in [0.15, 0.2) is 40.6 Å². The van der Waals surface area contributed by atoms with Crippen molar-refractivity contribution in [3.05, 3.63) is 30.6 Å². The summed E-state index contributed by atoms with van der Waals surface area (Å²) in [6.45, 7) is -0.348. The molecule has 1 aliphatic heterocycles. The first kappa shape index (κ1) is 19.9. The number of rotatable bonds is 6. The van der Waals surface area contributed by atoms with E-state index in [0.29, 0.717) is 22.1 Å². The van der Waals surface area contributed by atoms with Gasteiger partial charge in [0, 0.05) is 12.0 Å². The Hall–Kier alpha value is -2.44. The molecule has 0 spiro atoms. The Balaban J connectivity index is 1.83. The van der Waals surface area contributed by atoms with Gasteiger partial charge in [0.25, 0.3) is 0 Å². The highest BCUT2D eigenvalue weighted by atomic mass is 32.2. The normalized spacial score (nSPS) is 24.3. The van der Waals surface area contributed by atoms with Gasteiger partial charge < -0.3 is 30.2 Å². The smallest absolute Gasteiger partial charge is 0.177 e. The number of hydrogen-bond donors (Lipinski definition) is 3. The van der Waals surface area contributed by atoms with Gasteiger partial charge >= 0.3 is 0 Å². The molecule has 0 unspecified atom stereocenters. The van der Waals surface area contributed by atoms with Crippen molar-refractivity contribution < 1.29 is 24.4 Å². The number of methoxy groups -OCH3 is 2. The quantitative estimate of drug-likeness (QED) is 0.527. The van der Waals surface area contributed by atoms with Crippen molar-refractivity contribution in [3.8, 4) is 5.75 Å². The zero-order chi connectivity index (χ0) is 20.5. The molecule has 0 amide bonds. The van der Waals surface area contributed by atoms with E-state index in [9.17, 15) is 10.2 Å². The minimum absolute atomic E-state index is 0.229. The molecule has 0 radical (unpaired) electrons. The van der Waals surface area contributed by atoms with Gasteiger partial charge in [0.05, 0.1) is 13.7 Å². The second-order valence-electron chi connectivity index (χ2n) is 6.42. The molecule has 4 N–H and O–H groups in total. The summed E-state index contributed by atoms with van der Waals surface area (Å²) in [7, 11) is 3.07. The fourth-order valence-corrected chi connectivity index (χ4v) is 4.27. The molecule has 10 nitrogen and oxygen atoms in total. The molecule has 29 heavy (non-hydrogen) atoms. The summed E-state index contributed by atoms with van der Waals surface area (Å²) >= 11 is 1.36. The van der Waals surface area contributed by atoms with Crippen LogP contribution in [0, 0.1) is 0 Å². The van der Waals surface area contributed by atoms with Crippen LogP contribution in [0.3, 0.4) is 0 Å². The van der Waals surface area contributed by atoms with E-state index < -0.39 is 24.5 Å². The van der Waals surface area contributed by atoms with Crippen molar-refractivity contribution >= 4 is 28.7 Å². The first-order valence-corrected chi connectivity index (χ1v) is 9.66. The maximum atomic E-state index is 10.5. The zero-order valence-corrected chi connectivity index (χ0v) is 16.6. The van der Waals surface area contributed by atoms with E-state index >= 15 is 0 Å². The van der Waals surface area contributed by atoms with Crippen molar-refractivity contribution in [3.63, 3.8) is 0 Å². The number of benzene rings is 1. The first-order valence-electron chi connectivity index (χ1n) is 8.84. The summed E-state index contributed by atoms with van der Waals surface area (Å²) in [5, 5.41) is 20.5. The van der Waals surface area contributed by atoms with Crippen LogP contribution in [-0.2, 0) is 9.47 Å². The van der Waals surface area contributed by atoms with E-state index in [-0.39, 0.29) is 12.4 Å². The molecule has 0 saturated carbocycles. The summed E-state index contributed by atoms with van der Waals surface area (Å²) < 4.78 is 18.4. The molecule has 3 heterocycles.